The van der Waals surface area contributed by atoms with Gasteiger partial charge in [-0.2, -0.15) is 0 Å². The second kappa shape index (κ2) is 3.85. The molecule has 0 aromatic heterocycles. The van der Waals surface area contributed by atoms with Crippen LogP contribution in [0.4, 0.5) is 0 Å². The maximum absolute atomic E-state index is 5.03. The number of hydrogen-bond donors (Lipinski definition) is 1. The third-order valence-corrected chi connectivity index (χ3v) is 2.60. The van der Waals surface area contributed by atoms with Crippen molar-refractivity contribution >= 4 is 24.6 Å². The first kappa shape index (κ1) is 4.85. The summed E-state index contributed by atoms with van der Waals surface area (Å²) in [4.78, 5) is 0. The molecule has 26 valence electrons. The van der Waals surface area contributed by atoms with Crippen LogP contribution in [0.5, 0.6) is 0 Å². The predicted molar refractivity (Wildman–Crippen MR) is 26.2 cm³/mol. The van der Waals surface area contributed by atoms with Gasteiger partial charge in [0, 0.05) is 0 Å². The topological polar surface area (TPSA) is 26.0 Å². The van der Waals surface area contributed by atoms with Crippen LogP contribution in [0.2, 0.25) is 5.76 Å². The van der Waals surface area contributed by atoms with Gasteiger partial charge in [0.2, 0.25) is 0 Å². The molecule has 2 N–H and O–H groups in total. The van der Waals surface area contributed by atoms with Crippen LogP contribution in [0, 0.1) is 0 Å². The van der Waals surface area contributed by atoms with Crippen molar-refractivity contribution in [3.05, 3.63) is 0 Å². The van der Waals surface area contributed by atoms with E-state index in [0.717, 1.165) is 0 Å². The number of hydrogen-bond acceptors (Lipinski definition) is 2. The molecule has 0 unspecified atom stereocenters. The molecule has 0 fully saturated rings. The zero-order valence-corrected chi connectivity index (χ0v) is 6.48. The normalized spacial score (nSPS) is 10.5. The third-order valence-electron chi connectivity index (χ3n) is 0.167. The predicted octanol–water partition coefficient (Wildman–Crippen LogP) is -0.275. The van der Waals surface area contributed by atoms with E-state index in [-0.39, 0.29) is 14.3 Å². The summed E-state index contributed by atoms with van der Waals surface area (Å²) in [6.45, 7) is 0. The Bertz CT molecular complexity index is 10.0. The van der Waals surface area contributed by atoms with Gasteiger partial charge in [0.25, 0.3) is 0 Å². The van der Waals surface area contributed by atoms with Crippen molar-refractivity contribution in [2.75, 3.05) is 0 Å². The number of rotatable bonds is 1. The van der Waals surface area contributed by atoms with Crippen LogP contribution < -0.4 is 5.14 Å². The van der Waals surface area contributed by atoms with Crippen LogP contribution in [0.3, 0.4) is 0 Å². The van der Waals surface area contributed by atoms with Crippen LogP contribution in [0.15, 0.2) is 0 Å². The summed E-state index contributed by atoms with van der Waals surface area (Å²) in [5.41, 5.74) is 0. The Hall–Kier alpha value is 0.853. The van der Waals surface area contributed by atoms with Gasteiger partial charge in [0.15, 0.2) is 0 Å². The van der Waals surface area contributed by atoms with Crippen molar-refractivity contribution in [3.63, 3.8) is 0 Å². The van der Waals surface area contributed by atoms with E-state index in [9.17, 15) is 0 Å². The molecule has 0 aromatic carbocycles. The van der Waals surface area contributed by atoms with E-state index in [1.165, 1.54) is 0 Å². The van der Waals surface area contributed by atoms with Crippen molar-refractivity contribution in [2.45, 2.75) is 5.76 Å². The zero-order chi connectivity index (χ0) is 3.41. The zero-order valence-electron chi connectivity index (χ0n) is 2.69. The van der Waals surface area contributed by atoms with E-state index in [2.05, 4.69) is 5.76 Å². The molecule has 0 saturated heterocycles. The third kappa shape index (κ3) is 2.85. The fourth-order valence-corrected chi connectivity index (χ4v) is 0. The standard InChI is InChI=1S/CH7GeNS/c1-2-4-3/h2-3H2,1H3. The molecule has 0 aliphatic carbocycles. The van der Waals surface area contributed by atoms with Gasteiger partial charge >= 0.3 is 35.5 Å². The van der Waals surface area contributed by atoms with Gasteiger partial charge < -0.3 is 0 Å². The molecule has 3 heteroatoms. The Morgan fingerprint density at radius 3 is 2.25 bits per heavy atom. The van der Waals surface area contributed by atoms with Crippen molar-refractivity contribution < 1.29 is 0 Å². The second-order valence-electron chi connectivity index (χ2n) is 0.455. The van der Waals surface area contributed by atoms with E-state index in [4.69, 9.17) is 5.14 Å². The molecule has 0 aromatic rings. The van der Waals surface area contributed by atoms with E-state index in [1.807, 2.05) is 0 Å². The Morgan fingerprint density at radius 2 is 2.25 bits per heavy atom. The molecule has 0 aliphatic heterocycles. The fourth-order valence-electron chi connectivity index (χ4n) is 0. The van der Waals surface area contributed by atoms with Gasteiger partial charge in [-0.15, -0.1) is 0 Å². The van der Waals surface area contributed by atoms with Gasteiger partial charge in [0.1, 0.15) is 0 Å². The van der Waals surface area contributed by atoms with Crippen LogP contribution in [-0.2, 0) is 0 Å². The van der Waals surface area contributed by atoms with Crippen LogP contribution in [0.1, 0.15) is 0 Å². The molecule has 0 atom stereocenters. The van der Waals surface area contributed by atoms with Crippen molar-refractivity contribution in [1.82, 2.24) is 0 Å². The molecule has 0 bridgehead atoms. The first-order chi connectivity index (χ1) is 1.91. The summed E-state index contributed by atoms with van der Waals surface area (Å²) in [5.74, 6) is 2.21. The first-order valence-electron chi connectivity index (χ1n) is 1.23. The van der Waals surface area contributed by atoms with Gasteiger partial charge in [-0.25, -0.2) is 0 Å². The summed E-state index contributed by atoms with van der Waals surface area (Å²) >= 11 is -0.194. The quantitative estimate of drug-likeness (QED) is 0.398. The average molecular weight is 138 g/mol. The Morgan fingerprint density at radius 1 is 2.00 bits per heavy atom. The van der Waals surface area contributed by atoms with Crippen molar-refractivity contribution in [2.24, 2.45) is 5.14 Å². The molecule has 0 rings (SSSR count). The molecule has 4 heavy (non-hydrogen) atoms. The van der Waals surface area contributed by atoms with Gasteiger partial charge in [-0.1, -0.05) is 0 Å². The summed E-state index contributed by atoms with van der Waals surface area (Å²) in [6, 6.07) is 0. The van der Waals surface area contributed by atoms with Crippen LogP contribution >= 0.6 is 10.3 Å². The number of nitrogens with two attached hydrogens (primary N) is 1. The molecule has 0 heterocycles. The van der Waals surface area contributed by atoms with Crippen LogP contribution in [0.25, 0.3) is 0 Å². The molecular weight excluding hydrogens is 131 g/mol. The molecule has 0 spiro atoms. The van der Waals surface area contributed by atoms with E-state index < -0.39 is 0 Å². The molecule has 0 radical (unpaired) electrons. The van der Waals surface area contributed by atoms with Gasteiger partial charge in [0.05, 0.1) is 0 Å². The molecule has 1 nitrogen and oxygen atoms in total. The summed E-state index contributed by atoms with van der Waals surface area (Å²) in [7, 11) is 1.54. The second-order valence-corrected chi connectivity index (χ2v) is 7.10. The van der Waals surface area contributed by atoms with Crippen molar-refractivity contribution in [1.29, 1.82) is 0 Å². The molecular formula is CH7GeNS. The molecule has 0 saturated carbocycles. The summed E-state index contributed by atoms with van der Waals surface area (Å²) in [6.07, 6.45) is 0. The van der Waals surface area contributed by atoms with E-state index in [0.29, 0.717) is 0 Å². The Labute approximate surface area is 36.0 Å². The maximum atomic E-state index is 5.03. The molecule has 0 aliphatic rings. The van der Waals surface area contributed by atoms with Crippen LogP contribution in [-0.4, -0.2) is 14.3 Å². The van der Waals surface area contributed by atoms with Gasteiger partial charge in [-0.3, -0.25) is 0 Å². The summed E-state index contributed by atoms with van der Waals surface area (Å²) in [5, 5.41) is 5.03. The first-order valence-corrected chi connectivity index (χ1v) is 8.88. The molecule has 0 amide bonds. The SMILES string of the molecule is [CH3][GeH2][S]N. The Kier molecular flexibility index (Phi) is 4.67. The Balaban J connectivity index is 1.97. The fraction of sp³-hybridized carbons (Fsp3) is 1.00. The van der Waals surface area contributed by atoms with E-state index >= 15 is 0 Å². The van der Waals surface area contributed by atoms with Gasteiger partial charge in [-0.05, 0) is 0 Å². The van der Waals surface area contributed by atoms with E-state index in [1.54, 1.807) is 10.3 Å². The monoisotopic (exact) mass is 139 g/mol. The van der Waals surface area contributed by atoms with Crippen molar-refractivity contribution in [3.8, 4) is 0 Å². The minimum atomic E-state index is -0.194. The summed E-state index contributed by atoms with van der Waals surface area (Å²) < 4.78 is 0. The average Bonchev–Trinajstić information content (AvgIpc) is 1.37. The minimum absolute atomic E-state index is 0.194.